The number of nitriles is 1. The fraction of sp³-hybridized carbons (Fsp3) is 0.579. The molecule has 1 saturated carbocycles. The maximum Gasteiger partial charge on any atom is 0.244 e. The largest absolute Gasteiger partial charge is 0.325 e. The average molecular weight is 375 g/mol. The van der Waals surface area contributed by atoms with E-state index in [1.165, 1.54) is 10.4 Å². The van der Waals surface area contributed by atoms with Gasteiger partial charge in [0.15, 0.2) is 0 Å². The Hall–Kier alpha value is -1.91. The molecule has 0 aromatic heterocycles. The number of aryl methyl sites for hydroxylation is 1. The predicted molar refractivity (Wildman–Crippen MR) is 98.9 cm³/mol. The molecule has 0 atom stereocenters. The summed E-state index contributed by atoms with van der Waals surface area (Å²) in [6.07, 6.45) is 5.64. The third-order valence-corrected chi connectivity index (χ3v) is 7.53. The van der Waals surface area contributed by atoms with Crippen LogP contribution in [0.4, 0.5) is 5.69 Å². The van der Waals surface area contributed by atoms with Crippen LogP contribution in [0.2, 0.25) is 0 Å². The van der Waals surface area contributed by atoms with Crippen molar-refractivity contribution in [1.29, 1.82) is 5.26 Å². The van der Waals surface area contributed by atoms with Crippen LogP contribution < -0.4 is 5.32 Å². The molecule has 1 aliphatic heterocycles. The molecule has 140 valence electrons. The Labute approximate surface area is 155 Å². The van der Waals surface area contributed by atoms with Gasteiger partial charge < -0.3 is 5.32 Å². The molecule has 26 heavy (non-hydrogen) atoms. The summed E-state index contributed by atoms with van der Waals surface area (Å²) in [5.74, 6) is -0.331. The lowest BCUT2D eigenvalue weighted by Crippen LogP contribution is -2.36. The van der Waals surface area contributed by atoms with E-state index in [9.17, 15) is 18.5 Å². The monoisotopic (exact) mass is 375 g/mol. The molecule has 1 saturated heterocycles. The molecule has 1 amide bonds. The van der Waals surface area contributed by atoms with Gasteiger partial charge in [-0.15, -0.1) is 0 Å². The molecule has 0 bridgehead atoms. The molecule has 0 spiro atoms. The molecule has 1 heterocycles. The second-order valence-corrected chi connectivity index (χ2v) is 9.21. The Morgan fingerprint density at radius 1 is 1.15 bits per heavy atom. The van der Waals surface area contributed by atoms with Gasteiger partial charge in [-0.05, 0) is 50.3 Å². The Morgan fingerprint density at radius 3 is 2.42 bits per heavy atom. The highest BCUT2D eigenvalue weighted by Gasteiger charge is 2.41. The van der Waals surface area contributed by atoms with Gasteiger partial charge in [0, 0.05) is 18.8 Å². The fourth-order valence-electron chi connectivity index (χ4n) is 3.82. The summed E-state index contributed by atoms with van der Waals surface area (Å²) in [7, 11) is -3.57. The van der Waals surface area contributed by atoms with Crippen molar-refractivity contribution >= 4 is 21.6 Å². The molecule has 1 aromatic rings. The Morgan fingerprint density at radius 2 is 1.81 bits per heavy atom. The zero-order valence-corrected chi connectivity index (χ0v) is 15.9. The van der Waals surface area contributed by atoms with E-state index in [4.69, 9.17) is 0 Å². The Balaban J connectivity index is 1.86. The number of hydrogen-bond acceptors (Lipinski definition) is 4. The highest BCUT2D eigenvalue weighted by atomic mass is 32.2. The summed E-state index contributed by atoms with van der Waals surface area (Å²) in [6, 6.07) is 7.10. The summed E-state index contributed by atoms with van der Waals surface area (Å²) >= 11 is 0. The van der Waals surface area contributed by atoms with Crippen molar-refractivity contribution in [2.24, 2.45) is 5.41 Å². The molecule has 2 fully saturated rings. The summed E-state index contributed by atoms with van der Waals surface area (Å²) in [5, 5.41) is 12.2. The highest BCUT2D eigenvalue weighted by Crippen LogP contribution is 2.38. The molecule has 1 N–H and O–H groups in total. The van der Waals surface area contributed by atoms with Crippen LogP contribution in [0.15, 0.2) is 23.1 Å². The molecule has 7 heteroatoms. The summed E-state index contributed by atoms with van der Waals surface area (Å²) in [6.45, 7) is 2.84. The van der Waals surface area contributed by atoms with Crippen LogP contribution in [0.3, 0.4) is 0 Å². The summed E-state index contributed by atoms with van der Waals surface area (Å²) < 4.78 is 27.5. The number of nitrogens with zero attached hydrogens (tertiary/aromatic N) is 2. The fourth-order valence-corrected chi connectivity index (χ4v) is 5.59. The number of anilines is 1. The molecule has 1 aliphatic carbocycles. The Kier molecular flexibility index (Phi) is 5.35. The Bertz CT molecular complexity index is 830. The van der Waals surface area contributed by atoms with Crippen molar-refractivity contribution < 1.29 is 13.2 Å². The third kappa shape index (κ3) is 3.49. The van der Waals surface area contributed by atoms with Gasteiger partial charge in [0.25, 0.3) is 0 Å². The van der Waals surface area contributed by atoms with E-state index in [1.54, 1.807) is 19.1 Å². The number of hydrogen-bond donors (Lipinski definition) is 1. The number of carbonyl (C=O) groups excluding carboxylic acids is 1. The number of carbonyl (C=O) groups is 1. The summed E-state index contributed by atoms with van der Waals surface area (Å²) in [5.41, 5.74) is 0.0960. The van der Waals surface area contributed by atoms with Crippen molar-refractivity contribution in [2.45, 2.75) is 56.8 Å². The minimum atomic E-state index is -3.57. The predicted octanol–water partition coefficient (Wildman–Crippen LogP) is 3.19. The van der Waals surface area contributed by atoms with Gasteiger partial charge in [-0.25, -0.2) is 8.42 Å². The van der Waals surface area contributed by atoms with E-state index in [1.807, 2.05) is 0 Å². The normalized spacial score (nSPS) is 20.5. The quantitative estimate of drug-likeness (QED) is 0.875. The van der Waals surface area contributed by atoms with Crippen LogP contribution in [0, 0.1) is 23.7 Å². The molecular weight excluding hydrogens is 350 g/mol. The third-order valence-electron chi connectivity index (χ3n) is 5.48. The highest BCUT2D eigenvalue weighted by molar-refractivity contribution is 7.89. The van der Waals surface area contributed by atoms with Gasteiger partial charge in [-0.3, -0.25) is 4.79 Å². The van der Waals surface area contributed by atoms with E-state index >= 15 is 0 Å². The van der Waals surface area contributed by atoms with Crippen LogP contribution in [0.25, 0.3) is 0 Å². The lowest BCUT2D eigenvalue weighted by atomic mass is 9.87. The first-order chi connectivity index (χ1) is 12.4. The number of piperidine rings is 1. The van der Waals surface area contributed by atoms with Gasteiger partial charge in [0.2, 0.25) is 15.9 Å². The van der Waals surface area contributed by atoms with Gasteiger partial charge in [0.1, 0.15) is 5.41 Å². The van der Waals surface area contributed by atoms with Crippen LogP contribution >= 0.6 is 0 Å². The number of nitrogens with one attached hydrogen (secondary N) is 1. The first kappa shape index (κ1) is 18.9. The SMILES string of the molecule is Cc1ccc(NC(=O)C2(C#N)CCCC2)cc1S(=O)(=O)N1CCCCC1. The van der Waals surface area contributed by atoms with Gasteiger partial charge >= 0.3 is 0 Å². The molecule has 0 unspecified atom stereocenters. The molecule has 1 aromatic carbocycles. The number of amides is 1. The second-order valence-electron chi connectivity index (χ2n) is 7.30. The van der Waals surface area contributed by atoms with Crippen molar-refractivity contribution in [3.8, 4) is 6.07 Å². The summed E-state index contributed by atoms with van der Waals surface area (Å²) in [4.78, 5) is 12.9. The standard InChI is InChI=1S/C19H25N3O3S/c1-15-7-8-16(21-18(23)19(14-20)9-3-4-10-19)13-17(15)26(24,25)22-11-5-2-6-12-22/h7-8,13H,2-6,9-12H2,1H3,(H,21,23). The van der Waals surface area contributed by atoms with Gasteiger partial charge in [0.05, 0.1) is 11.0 Å². The number of rotatable bonds is 4. The van der Waals surface area contributed by atoms with E-state index in [0.29, 0.717) is 37.2 Å². The second kappa shape index (κ2) is 7.37. The molecular formula is C19H25N3O3S. The zero-order valence-electron chi connectivity index (χ0n) is 15.1. The molecule has 2 aliphatic rings. The van der Waals surface area contributed by atoms with Crippen LogP contribution in [0.5, 0.6) is 0 Å². The zero-order chi connectivity index (χ0) is 18.8. The smallest absolute Gasteiger partial charge is 0.244 e. The van der Waals surface area contributed by atoms with E-state index in [2.05, 4.69) is 11.4 Å². The van der Waals surface area contributed by atoms with Crippen LogP contribution in [0.1, 0.15) is 50.5 Å². The van der Waals surface area contributed by atoms with E-state index < -0.39 is 15.4 Å². The lowest BCUT2D eigenvalue weighted by molar-refractivity contribution is -0.122. The topological polar surface area (TPSA) is 90.3 Å². The maximum absolute atomic E-state index is 13.0. The van der Waals surface area contributed by atoms with Crippen LogP contribution in [-0.2, 0) is 14.8 Å². The minimum Gasteiger partial charge on any atom is -0.325 e. The minimum absolute atomic E-state index is 0.231. The molecule has 3 rings (SSSR count). The van der Waals surface area contributed by atoms with E-state index in [-0.39, 0.29) is 10.8 Å². The van der Waals surface area contributed by atoms with Crippen LogP contribution in [-0.4, -0.2) is 31.7 Å². The number of sulfonamides is 1. The number of benzene rings is 1. The molecule has 0 radical (unpaired) electrons. The first-order valence-electron chi connectivity index (χ1n) is 9.23. The lowest BCUT2D eigenvalue weighted by Gasteiger charge is -2.27. The maximum atomic E-state index is 13.0. The van der Waals surface area contributed by atoms with Crippen molar-refractivity contribution in [3.05, 3.63) is 23.8 Å². The van der Waals surface area contributed by atoms with Crippen molar-refractivity contribution in [1.82, 2.24) is 4.31 Å². The van der Waals surface area contributed by atoms with Gasteiger partial charge in [-0.1, -0.05) is 25.3 Å². The van der Waals surface area contributed by atoms with E-state index in [0.717, 1.165) is 32.1 Å². The molecule has 6 nitrogen and oxygen atoms in total. The van der Waals surface area contributed by atoms with Gasteiger partial charge in [-0.2, -0.15) is 9.57 Å². The van der Waals surface area contributed by atoms with Crippen molar-refractivity contribution in [3.63, 3.8) is 0 Å². The average Bonchev–Trinajstić information content (AvgIpc) is 3.14. The van der Waals surface area contributed by atoms with Crippen molar-refractivity contribution in [2.75, 3.05) is 18.4 Å². The first-order valence-corrected chi connectivity index (χ1v) is 10.7.